The summed E-state index contributed by atoms with van der Waals surface area (Å²) in [7, 11) is 1.50. The van der Waals surface area contributed by atoms with E-state index in [2.05, 4.69) is 0 Å². The number of ketones is 1. The highest BCUT2D eigenvalue weighted by Gasteiger charge is 2.24. The number of nitrogens with two attached hydrogens (primary N) is 1. The molecule has 0 aliphatic heterocycles. The van der Waals surface area contributed by atoms with Crippen molar-refractivity contribution in [3.05, 3.63) is 23.8 Å². The number of hydrogen-bond acceptors (Lipinski definition) is 4. The normalized spacial score (nSPS) is 18.7. The lowest BCUT2D eigenvalue weighted by Gasteiger charge is -2.14. The van der Waals surface area contributed by atoms with Crippen molar-refractivity contribution < 1.29 is 19.1 Å². The maximum atomic E-state index is 11.2. The molecule has 1 aliphatic carbocycles. The number of ether oxygens (including phenoxy) is 2. The van der Waals surface area contributed by atoms with Crippen molar-refractivity contribution in [1.82, 2.24) is 0 Å². The van der Waals surface area contributed by atoms with Gasteiger partial charge < -0.3 is 15.2 Å². The van der Waals surface area contributed by atoms with Gasteiger partial charge in [-0.2, -0.15) is 0 Å². The Morgan fingerprint density at radius 1 is 1.33 bits per heavy atom. The molecule has 0 spiro atoms. The van der Waals surface area contributed by atoms with Crippen LogP contribution in [0.1, 0.15) is 29.6 Å². The van der Waals surface area contributed by atoms with Crippen LogP contribution in [0.3, 0.4) is 0 Å². The van der Waals surface area contributed by atoms with Crippen molar-refractivity contribution in [3.63, 3.8) is 0 Å². The van der Waals surface area contributed by atoms with Gasteiger partial charge >= 0.3 is 0 Å². The summed E-state index contributed by atoms with van der Waals surface area (Å²) in [5, 5.41) is 0. The Kier molecular flexibility index (Phi) is 3.50. The molecule has 5 nitrogen and oxygen atoms in total. The summed E-state index contributed by atoms with van der Waals surface area (Å²) in [4.78, 5) is 22.3. The number of primary amides is 1. The molecule has 0 radical (unpaired) electrons. The van der Waals surface area contributed by atoms with Crippen LogP contribution in [0.15, 0.2) is 18.2 Å². The molecule has 1 aromatic rings. The topological polar surface area (TPSA) is 78.6 Å². The molecule has 2 N–H and O–H groups in total. The molecule has 0 bridgehead atoms. The first-order chi connectivity index (χ1) is 8.58. The van der Waals surface area contributed by atoms with Crippen molar-refractivity contribution in [2.45, 2.75) is 25.4 Å². The maximum Gasteiger partial charge on any atom is 0.248 e. The molecule has 2 rings (SSSR count). The van der Waals surface area contributed by atoms with Crippen LogP contribution in [-0.4, -0.2) is 24.9 Å². The Bertz CT molecular complexity index is 484. The molecule has 0 aromatic heterocycles. The number of hydrogen-bond donors (Lipinski definition) is 1. The molecule has 96 valence electrons. The van der Waals surface area contributed by atoms with E-state index in [-0.39, 0.29) is 11.9 Å². The molecule has 1 atom stereocenters. The summed E-state index contributed by atoms with van der Waals surface area (Å²) in [6, 6.07) is 4.79. The first-order valence-corrected chi connectivity index (χ1v) is 5.75. The average Bonchev–Trinajstić information content (AvgIpc) is 2.74. The number of Topliss-reactive ketones (excluding diaryl/α,β-unsaturated/α-hetero) is 1. The first kappa shape index (κ1) is 12.4. The highest BCUT2D eigenvalue weighted by molar-refractivity contribution is 5.93. The van der Waals surface area contributed by atoms with Gasteiger partial charge in [0.1, 0.15) is 23.4 Å². The van der Waals surface area contributed by atoms with Crippen molar-refractivity contribution in [2.75, 3.05) is 7.11 Å². The van der Waals surface area contributed by atoms with E-state index >= 15 is 0 Å². The molecular formula is C13H15NO4. The van der Waals surface area contributed by atoms with E-state index in [0.29, 0.717) is 36.3 Å². The summed E-state index contributed by atoms with van der Waals surface area (Å²) in [6.45, 7) is 0. The zero-order chi connectivity index (χ0) is 13.1. The fraction of sp³-hybridized carbons (Fsp3) is 0.385. The van der Waals surface area contributed by atoms with Crippen molar-refractivity contribution in [2.24, 2.45) is 5.73 Å². The second kappa shape index (κ2) is 5.08. The number of benzene rings is 1. The Hall–Kier alpha value is -2.04. The smallest absolute Gasteiger partial charge is 0.248 e. The Morgan fingerprint density at radius 2 is 2.06 bits per heavy atom. The summed E-state index contributed by atoms with van der Waals surface area (Å²) in [5.74, 6) is 0.674. The van der Waals surface area contributed by atoms with Gasteiger partial charge in [0.25, 0.3) is 0 Å². The standard InChI is InChI=1S/C13H15NO4/c1-17-11-4-8(13(14)16)5-12(7-11)18-10-3-2-9(15)6-10/h4-5,7,10H,2-3,6H2,1H3,(H2,14,16). The van der Waals surface area contributed by atoms with Crippen LogP contribution in [0.25, 0.3) is 0 Å². The predicted molar refractivity (Wildman–Crippen MR) is 64.8 cm³/mol. The van der Waals surface area contributed by atoms with E-state index in [0.717, 1.165) is 0 Å². The summed E-state index contributed by atoms with van der Waals surface area (Å²) in [5.41, 5.74) is 5.56. The molecule has 18 heavy (non-hydrogen) atoms. The van der Waals surface area contributed by atoms with Gasteiger partial charge in [-0.3, -0.25) is 9.59 Å². The summed E-state index contributed by atoms with van der Waals surface area (Å²) >= 11 is 0. The van der Waals surface area contributed by atoms with Gasteiger partial charge in [0.05, 0.1) is 7.11 Å². The molecule has 0 saturated heterocycles. The van der Waals surface area contributed by atoms with Crippen molar-refractivity contribution >= 4 is 11.7 Å². The van der Waals surface area contributed by atoms with Gasteiger partial charge in [-0.15, -0.1) is 0 Å². The highest BCUT2D eigenvalue weighted by Crippen LogP contribution is 2.27. The van der Waals surface area contributed by atoms with Gasteiger partial charge in [0.15, 0.2) is 0 Å². The molecule has 1 unspecified atom stereocenters. The van der Waals surface area contributed by atoms with E-state index in [1.165, 1.54) is 7.11 Å². The lowest BCUT2D eigenvalue weighted by molar-refractivity contribution is -0.117. The van der Waals surface area contributed by atoms with Crippen LogP contribution in [0, 0.1) is 0 Å². The molecule has 1 amide bonds. The van der Waals surface area contributed by atoms with Crippen LogP contribution in [0.4, 0.5) is 0 Å². The molecule has 1 aromatic carbocycles. The van der Waals surface area contributed by atoms with Gasteiger partial charge in [0, 0.05) is 24.5 Å². The number of amides is 1. The second-order valence-corrected chi connectivity index (χ2v) is 4.28. The van der Waals surface area contributed by atoms with Gasteiger partial charge in [-0.25, -0.2) is 0 Å². The molecule has 1 fully saturated rings. The lowest BCUT2D eigenvalue weighted by Crippen LogP contribution is -2.14. The van der Waals surface area contributed by atoms with E-state index in [9.17, 15) is 9.59 Å². The number of rotatable bonds is 4. The molecule has 5 heteroatoms. The lowest BCUT2D eigenvalue weighted by atomic mass is 10.2. The monoisotopic (exact) mass is 249 g/mol. The Morgan fingerprint density at radius 3 is 2.61 bits per heavy atom. The first-order valence-electron chi connectivity index (χ1n) is 5.75. The zero-order valence-electron chi connectivity index (χ0n) is 10.1. The van der Waals surface area contributed by atoms with Crippen LogP contribution in [-0.2, 0) is 4.79 Å². The van der Waals surface area contributed by atoms with E-state index in [4.69, 9.17) is 15.2 Å². The molecular weight excluding hydrogens is 234 g/mol. The second-order valence-electron chi connectivity index (χ2n) is 4.28. The third-order valence-electron chi connectivity index (χ3n) is 2.90. The zero-order valence-corrected chi connectivity index (χ0v) is 10.1. The average molecular weight is 249 g/mol. The Balaban J connectivity index is 2.18. The van der Waals surface area contributed by atoms with Gasteiger partial charge in [0.2, 0.25) is 5.91 Å². The van der Waals surface area contributed by atoms with Crippen molar-refractivity contribution in [1.29, 1.82) is 0 Å². The number of carbonyl (C=O) groups excluding carboxylic acids is 2. The molecule has 1 aliphatic rings. The SMILES string of the molecule is COc1cc(OC2CCC(=O)C2)cc(C(N)=O)c1. The summed E-state index contributed by atoms with van der Waals surface area (Å²) in [6.07, 6.45) is 1.56. The third kappa shape index (κ3) is 2.80. The van der Waals surface area contributed by atoms with Gasteiger partial charge in [-0.1, -0.05) is 0 Å². The van der Waals surface area contributed by atoms with Crippen molar-refractivity contribution in [3.8, 4) is 11.5 Å². The minimum Gasteiger partial charge on any atom is -0.497 e. The minimum atomic E-state index is -0.541. The van der Waals surface area contributed by atoms with E-state index in [1.54, 1.807) is 18.2 Å². The minimum absolute atomic E-state index is 0.120. The fourth-order valence-corrected chi connectivity index (χ4v) is 1.97. The predicted octanol–water partition coefficient (Wildman–Crippen LogP) is 1.29. The van der Waals surface area contributed by atoms with E-state index < -0.39 is 5.91 Å². The quantitative estimate of drug-likeness (QED) is 0.872. The largest absolute Gasteiger partial charge is 0.497 e. The molecule has 1 saturated carbocycles. The third-order valence-corrected chi connectivity index (χ3v) is 2.90. The highest BCUT2D eigenvalue weighted by atomic mass is 16.5. The Labute approximate surface area is 105 Å². The van der Waals surface area contributed by atoms with E-state index in [1.807, 2.05) is 0 Å². The van der Waals surface area contributed by atoms with Crippen LogP contribution in [0.5, 0.6) is 11.5 Å². The fourth-order valence-electron chi connectivity index (χ4n) is 1.97. The van der Waals surface area contributed by atoms with Crippen LogP contribution in [0.2, 0.25) is 0 Å². The summed E-state index contributed by atoms with van der Waals surface area (Å²) < 4.78 is 10.7. The van der Waals surface area contributed by atoms with Gasteiger partial charge in [-0.05, 0) is 18.6 Å². The van der Waals surface area contributed by atoms with Crippen LogP contribution < -0.4 is 15.2 Å². The maximum absolute atomic E-state index is 11.2. The van der Waals surface area contributed by atoms with Crippen LogP contribution >= 0.6 is 0 Å². The molecule has 0 heterocycles. The number of methoxy groups -OCH3 is 1. The number of carbonyl (C=O) groups is 2.